The van der Waals surface area contributed by atoms with Crippen LogP contribution in [-0.2, 0) is 11.3 Å². The number of hydrogen-bond donors (Lipinski definition) is 2. The lowest BCUT2D eigenvalue weighted by Crippen LogP contribution is -2.59. The van der Waals surface area contributed by atoms with E-state index in [1.54, 1.807) is 0 Å². The van der Waals surface area contributed by atoms with Crippen molar-refractivity contribution in [2.75, 3.05) is 19.8 Å². The fraction of sp³-hybridized carbons (Fsp3) is 0.571. The van der Waals surface area contributed by atoms with Crippen molar-refractivity contribution in [1.29, 1.82) is 0 Å². The quantitative estimate of drug-likeness (QED) is 0.830. The highest BCUT2D eigenvalue weighted by molar-refractivity contribution is 5.15. The van der Waals surface area contributed by atoms with Gasteiger partial charge in [0.15, 0.2) is 0 Å². The highest BCUT2D eigenvalue weighted by Gasteiger charge is 2.36. The Morgan fingerprint density at radius 1 is 1.41 bits per heavy atom. The maximum absolute atomic E-state index is 5.97. The maximum Gasteiger partial charge on any atom is 0.0509 e. The molecular formula is C14H22N2O. The van der Waals surface area contributed by atoms with Gasteiger partial charge in [-0.25, -0.2) is 0 Å². The van der Waals surface area contributed by atoms with Crippen LogP contribution >= 0.6 is 0 Å². The Labute approximate surface area is 103 Å². The summed E-state index contributed by atoms with van der Waals surface area (Å²) in [5.74, 6) is 0.463. The average molecular weight is 234 g/mol. The third-order valence-electron chi connectivity index (χ3n) is 3.86. The first kappa shape index (κ1) is 12.6. The summed E-state index contributed by atoms with van der Waals surface area (Å²) in [5.41, 5.74) is 7.32. The van der Waals surface area contributed by atoms with Crippen LogP contribution in [0, 0.1) is 5.92 Å². The van der Waals surface area contributed by atoms with Crippen LogP contribution in [0.5, 0.6) is 0 Å². The van der Waals surface area contributed by atoms with Gasteiger partial charge in [0, 0.05) is 25.2 Å². The molecule has 0 saturated carbocycles. The molecule has 1 aliphatic heterocycles. The number of rotatable bonds is 4. The van der Waals surface area contributed by atoms with E-state index < -0.39 is 0 Å². The molecule has 2 atom stereocenters. The van der Waals surface area contributed by atoms with Gasteiger partial charge in [0.2, 0.25) is 0 Å². The highest BCUT2D eigenvalue weighted by atomic mass is 16.5. The van der Waals surface area contributed by atoms with E-state index in [-0.39, 0.29) is 5.54 Å². The molecule has 0 aromatic heterocycles. The Kier molecular flexibility index (Phi) is 4.15. The summed E-state index contributed by atoms with van der Waals surface area (Å²) in [6.07, 6.45) is 0.998. The summed E-state index contributed by atoms with van der Waals surface area (Å²) in [5, 5.41) is 3.65. The van der Waals surface area contributed by atoms with Crippen LogP contribution in [0.3, 0.4) is 0 Å². The lowest BCUT2D eigenvalue weighted by atomic mass is 9.81. The van der Waals surface area contributed by atoms with Crippen molar-refractivity contribution in [3.8, 4) is 0 Å². The van der Waals surface area contributed by atoms with Gasteiger partial charge in [-0.05, 0) is 17.9 Å². The second-order valence-corrected chi connectivity index (χ2v) is 4.93. The van der Waals surface area contributed by atoms with Crippen molar-refractivity contribution in [2.24, 2.45) is 11.7 Å². The Hall–Kier alpha value is -0.900. The zero-order valence-corrected chi connectivity index (χ0v) is 10.5. The van der Waals surface area contributed by atoms with Crippen LogP contribution < -0.4 is 11.1 Å². The summed E-state index contributed by atoms with van der Waals surface area (Å²) < 4.78 is 5.50. The van der Waals surface area contributed by atoms with E-state index in [1.165, 1.54) is 5.56 Å². The molecule has 3 nitrogen and oxygen atoms in total. The second kappa shape index (κ2) is 5.63. The van der Waals surface area contributed by atoms with Gasteiger partial charge >= 0.3 is 0 Å². The van der Waals surface area contributed by atoms with E-state index in [2.05, 4.69) is 36.5 Å². The first-order valence-corrected chi connectivity index (χ1v) is 6.33. The molecule has 0 bridgehead atoms. The molecule has 1 heterocycles. The van der Waals surface area contributed by atoms with Gasteiger partial charge in [0.25, 0.3) is 0 Å². The molecule has 0 radical (unpaired) electrons. The van der Waals surface area contributed by atoms with Crippen LogP contribution in [-0.4, -0.2) is 25.3 Å². The van der Waals surface area contributed by atoms with Gasteiger partial charge in [-0.1, -0.05) is 37.3 Å². The van der Waals surface area contributed by atoms with E-state index in [1.807, 2.05) is 6.07 Å². The van der Waals surface area contributed by atoms with E-state index in [0.29, 0.717) is 12.5 Å². The average Bonchev–Trinajstić information content (AvgIpc) is 2.39. The third kappa shape index (κ3) is 2.86. The molecule has 17 heavy (non-hydrogen) atoms. The number of benzene rings is 1. The van der Waals surface area contributed by atoms with Gasteiger partial charge in [0.1, 0.15) is 0 Å². The van der Waals surface area contributed by atoms with Crippen LogP contribution in [0.4, 0.5) is 0 Å². The number of nitrogens with one attached hydrogen (secondary N) is 1. The molecule has 2 unspecified atom stereocenters. The molecule has 2 rings (SSSR count). The van der Waals surface area contributed by atoms with Crippen molar-refractivity contribution < 1.29 is 4.74 Å². The van der Waals surface area contributed by atoms with Gasteiger partial charge in [-0.2, -0.15) is 0 Å². The molecule has 1 fully saturated rings. The molecule has 0 spiro atoms. The molecule has 1 aromatic carbocycles. The van der Waals surface area contributed by atoms with Crippen molar-refractivity contribution in [1.82, 2.24) is 5.32 Å². The Morgan fingerprint density at radius 2 is 2.18 bits per heavy atom. The minimum atomic E-state index is 0.0358. The van der Waals surface area contributed by atoms with Gasteiger partial charge < -0.3 is 15.8 Å². The maximum atomic E-state index is 5.97. The molecule has 3 heteroatoms. The topological polar surface area (TPSA) is 47.3 Å². The van der Waals surface area contributed by atoms with Crippen LogP contribution in [0.15, 0.2) is 30.3 Å². The van der Waals surface area contributed by atoms with Crippen molar-refractivity contribution in [3.63, 3.8) is 0 Å². The molecule has 94 valence electrons. The van der Waals surface area contributed by atoms with Crippen molar-refractivity contribution in [3.05, 3.63) is 35.9 Å². The Bertz CT molecular complexity index is 341. The standard InChI is InChI=1S/C14H22N2O/c1-12-10-17-8-7-14(12,11-15)16-9-13-5-3-2-4-6-13/h2-6,12,16H,7-11,15H2,1H3. The van der Waals surface area contributed by atoms with E-state index in [4.69, 9.17) is 10.5 Å². The number of ether oxygens (including phenoxy) is 1. The predicted octanol–water partition coefficient (Wildman–Crippen LogP) is 1.53. The zero-order chi connectivity index (χ0) is 12.1. The monoisotopic (exact) mass is 234 g/mol. The van der Waals surface area contributed by atoms with Gasteiger partial charge in [-0.15, -0.1) is 0 Å². The summed E-state index contributed by atoms with van der Waals surface area (Å²) >= 11 is 0. The smallest absolute Gasteiger partial charge is 0.0509 e. The zero-order valence-electron chi connectivity index (χ0n) is 10.5. The summed E-state index contributed by atoms with van der Waals surface area (Å²) in [7, 11) is 0. The SMILES string of the molecule is CC1COCCC1(CN)NCc1ccccc1. The first-order chi connectivity index (χ1) is 8.27. The van der Waals surface area contributed by atoms with Crippen LogP contribution in [0.25, 0.3) is 0 Å². The van der Waals surface area contributed by atoms with Crippen LogP contribution in [0.2, 0.25) is 0 Å². The summed E-state index contributed by atoms with van der Waals surface area (Å²) in [4.78, 5) is 0. The normalized spacial score (nSPS) is 29.2. The van der Waals surface area contributed by atoms with Crippen molar-refractivity contribution >= 4 is 0 Å². The van der Waals surface area contributed by atoms with Gasteiger partial charge in [-0.3, -0.25) is 0 Å². The lowest BCUT2D eigenvalue weighted by Gasteiger charge is -2.42. The predicted molar refractivity (Wildman–Crippen MR) is 69.7 cm³/mol. The van der Waals surface area contributed by atoms with Crippen molar-refractivity contribution in [2.45, 2.75) is 25.4 Å². The first-order valence-electron chi connectivity index (χ1n) is 6.33. The molecule has 0 amide bonds. The molecule has 1 saturated heterocycles. The van der Waals surface area contributed by atoms with Gasteiger partial charge in [0.05, 0.1) is 6.61 Å². The second-order valence-electron chi connectivity index (χ2n) is 4.93. The van der Waals surface area contributed by atoms with E-state index >= 15 is 0 Å². The fourth-order valence-corrected chi connectivity index (χ4v) is 2.43. The van der Waals surface area contributed by atoms with Crippen LogP contribution in [0.1, 0.15) is 18.9 Å². The largest absolute Gasteiger partial charge is 0.381 e. The molecule has 1 aliphatic rings. The molecule has 0 aliphatic carbocycles. The number of nitrogens with two attached hydrogens (primary N) is 1. The third-order valence-corrected chi connectivity index (χ3v) is 3.86. The summed E-state index contributed by atoms with van der Waals surface area (Å²) in [6, 6.07) is 10.5. The molecule has 3 N–H and O–H groups in total. The summed E-state index contributed by atoms with van der Waals surface area (Å²) in [6.45, 7) is 5.37. The lowest BCUT2D eigenvalue weighted by molar-refractivity contribution is -0.00384. The Balaban J connectivity index is 1.99. The number of hydrogen-bond acceptors (Lipinski definition) is 3. The highest BCUT2D eigenvalue weighted by Crippen LogP contribution is 2.25. The fourth-order valence-electron chi connectivity index (χ4n) is 2.43. The Morgan fingerprint density at radius 3 is 2.82 bits per heavy atom. The van der Waals surface area contributed by atoms with E-state index in [9.17, 15) is 0 Å². The molecule has 1 aromatic rings. The minimum absolute atomic E-state index is 0.0358. The minimum Gasteiger partial charge on any atom is -0.381 e. The van der Waals surface area contributed by atoms with E-state index in [0.717, 1.165) is 26.2 Å². The molecular weight excluding hydrogens is 212 g/mol.